The van der Waals surface area contributed by atoms with Gasteiger partial charge in [0, 0.05) is 12.5 Å². The Balaban J connectivity index is 0.00000196. The molecule has 0 spiro atoms. The summed E-state index contributed by atoms with van der Waals surface area (Å²) in [5.74, 6) is -0.432. The van der Waals surface area contributed by atoms with E-state index in [9.17, 15) is 13.2 Å². The van der Waals surface area contributed by atoms with Gasteiger partial charge in [0.1, 0.15) is 5.82 Å². The van der Waals surface area contributed by atoms with Gasteiger partial charge in [-0.2, -0.15) is 0 Å². The van der Waals surface area contributed by atoms with Gasteiger partial charge in [0.25, 0.3) is 0 Å². The van der Waals surface area contributed by atoms with Crippen LogP contribution in [0.25, 0.3) is 0 Å². The third kappa shape index (κ3) is 4.40. The molecular formula is C9H10BrClF3N. The Bertz CT molecular complexity index is 322. The van der Waals surface area contributed by atoms with Crippen LogP contribution >= 0.6 is 28.3 Å². The number of benzene rings is 1. The summed E-state index contributed by atoms with van der Waals surface area (Å²) in [5, 5.41) is 0. The minimum absolute atomic E-state index is 0. The second-order valence-electron chi connectivity index (χ2n) is 2.91. The molecule has 0 heterocycles. The van der Waals surface area contributed by atoms with E-state index in [1.54, 1.807) is 0 Å². The van der Waals surface area contributed by atoms with Crippen LogP contribution in [0.5, 0.6) is 0 Å². The lowest BCUT2D eigenvalue weighted by molar-refractivity contribution is 0.128. The quantitative estimate of drug-likeness (QED) is 0.906. The highest BCUT2D eigenvalue weighted by Gasteiger charge is 2.13. The molecule has 1 atom stereocenters. The Labute approximate surface area is 100 Å². The summed E-state index contributed by atoms with van der Waals surface area (Å²) in [7, 11) is 0. The van der Waals surface area contributed by atoms with Crippen molar-refractivity contribution >= 4 is 28.3 Å². The Hall–Kier alpha value is -0.260. The molecule has 1 rings (SSSR count). The smallest absolute Gasteiger partial charge is 0.240 e. The first-order chi connectivity index (χ1) is 6.50. The fourth-order valence-electron chi connectivity index (χ4n) is 1.07. The third-order valence-electron chi connectivity index (χ3n) is 1.80. The van der Waals surface area contributed by atoms with E-state index < -0.39 is 24.7 Å². The number of halogens is 5. The van der Waals surface area contributed by atoms with Crippen molar-refractivity contribution in [3.05, 3.63) is 34.1 Å². The van der Waals surface area contributed by atoms with Crippen LogP contribution in [0.3, 0.4) is 0 Å². The maximum absolute atomic E-state index is 12.8. The fraction of sp³-hybridized carbons (Fsp3) is 0.333. The summed E-state index contributed by atoms with van der Waals surface area (Å²) in [6.07, 6.45) is -2.87. The van der Waals surface area contributed by atoms with E-state index in [0.717, 1.165) is 0 Å². The maximum atomic E-state index is 12.8. The average molecular weight is 305 g/mol. The molecular weight excluding hydrogens is 294 g/mol. The summed E-state index contributed by atoms with van der Waals surface area (Å²) in [6.45, 7) is 0. The van der Waals surface area contributed by atoms with Crippen molar-refractivity contribution in [1.29, 1.82) is 0 Å². The number of hydrogen-bond donors (Lipinski definition) is 1. The standard InChI is InChI=1S/C9H9BrF3N.ClH/c10-6-3-5(1-2-7(6)11)8(14)4-9(12)13;/h1-3,8-9H,4,14H2;1H/t8-;/m1./s1. The maximum Gasteiger partial charge on any atom is 0.240 e. The first-order valence-electron chi connectivity index (χ1n) is 3.99. The lowest BCUT2D eigenvalue weighted by Gasteiger charge is -2.11. The molecule has 0 aliphatic heterocycles. The predicted octanol–water partition coefficient (Wildman–Crippen LogP) is 3.67. The van der Waals surface area contributed by atoms with Crippen LogP contribution in [0.4, 0.5) is 13.2 Å². The van der Waals surface area contributed by atoms with Gasteiger partial charge in [-0.15, -0.1) is 12.4 Å². The van der Waals surface area contributed by atoms with Crippen molar-refractivity contribution in [2.45, 2.75) is 18.9 Å². The zero-order valence-corrected chi connectivity index (χ0v) is 9.99. The molecule has 1 nitrogen and oxygen atoms in total. The molecule has 0 unspecified atom stereocenters. The zero-order valence-electron chi connectivity index (χ0n) is 7.59. The molecule has 0 aliphatic rings. The Morgan fingerprint density at radius 3 is 2.40 bits per heavy atom. The second kappa shape index (κ2) is 6.35. The van der Waals surface area contributed by atoms with Crippen molar-refractivity contribution in [2.24, 2.45) is 5.73 Å². The molecule has 0 saturated carbocycles. The van der Waals surface area contributed by atoms with Gasteiger partial charge >= 0.3 is 0 Å². The first-order valence-corrected chi connectivity index (χ1v) is 4.78. The number of hydrogen-bond acceptors (Lipinski definition) is 1. The molecule has 86 valence electrons. The van der Waals surface area contributed by atoms with Crippen LogP contribution in [0.1, 0.15) is 18.0 Å². The molecule has 0 fully saturated rings. The highest BCUT2D eigenvalue weighted by Crippen LogP contribution is 2.23. The normalized spacial score (nSPS) is 12.4. The number of rotatable bonds is 3. The molecule has 0 radical (unpaired) electrons. The van der Waals surface area contributed by atoms with Crippen molar-refractivity contribution in [1.82, 2.24) is 0 Å². The molecule has 1 aromatic rings. The minimum Gasteiger partial charge on any atom is -0.324 e. The van der Waals surface area contributed by atoms with Crippen LogP contribution in [0, 0.1) is 5.82 Å². The van der Waals surface area contributed by atoms with Crippen LogP contribution < -0.4 is 5.73 Å². The molecule has 15 heavy (non-hydrogen) atoms. The van der Waals surface area contributed by atoms with Crippen LogP contribution in [0.15, 0.2) is 22.7 Å². The first kappa shape index (κ1) is 14.7. The van der Waals surface area contributed by atoms with E-state index in [0.29, 0.717) is 5.56 Å². The van der Waals surface area contributed by atoms with E-state index >= 15 is 0 Å². The molecule has 0 aromatic heterocycles. The number of nitrogens with two attached hydrogens (primary N) is 1. The summed E-state index contributed by atoms with van der Waals surface area (Å²) in [4.78, 5) is 0. The molecule has 0 amide bonds. The van der Waals surface area contributed by atoms with Gasteiger partial charge in [-0.25, -0.2) is 13.2 Å². The van der Waals surface area contributed by atoms with E-state index in [2.05, 4.69) is 15.9 Å². The molecule has 6 heteroatoms. The van der Waals surface area contributed by atoms with E-state index in [4.69, 9.17) is 5.73 Å². The summed E-state index contributed by atoms with van der Waals surface area (Å²) < 4.78 is 37.0. The average Bonchev–Trinajstić information content (AvgIpc) is 2.08. The van der Waals surface area contributed by atoms with Gasteiger partial charge in [0.05, 0.1) is 4.47 Å². The van der Waals surface area contributed by atoms with Gasteiger partial charge in [-0.1, -0.05) is 6.07 Å². The molecule has 0 aliphatic carbocycles. The second-order valence-corrected chi connectivity index (χ2v) is 3.76. The molecule has 2 N–H and O–H groups in total. The largest absolute Gasteiger partial charge is 0.324 e. The van der Waals surface area contributed by atoms with E-state index in [1.807, 2.05) is 0 Å². The van der Waals surface area contributed by atoms with Crippen LogP contribution in [-0.4, -0.2) is 6.43 Å². The monoisotopic (exact) mass is 303 g/mol. The summed E-state index contributed by atoms with van der Waals surface area (Å²) >= 11 is 2.96. The lowest BCUT2D eigenvalue weighted by atomic mass is 10.1. The van der Waals surface area contributed by atoms with Crippen LogP contribution in [0.2, 0.25) is 0 Å². The zero-order chi connectivity index (χ0) is 10.7. The Kier molecular flexibility index (Phi) is 6.24. The molecule has 0 saturated heterocycles. The van der Waals surface area contributed by atoms with Crippen molar-refractivity contribution in [2.75, 3.05) is 0 Å². The summed E-state index contributed by atoms with van der Waals surface area (Å²) in [5.41, 5.74) is 5.99. The Morgan fingerprint density at radius 1 is 1.33 bits per heavy atom. The van der Waals surface area contributed by atoms with Crippen molar-refractivity contribution < 1.29 is 13.2 Å². The van der Waals surface area contributed by atoms with E-state index in [1.165, 1.54) is 18.2 Å². The molecule has 0 bridgehead atoms. The highest BCUT2D eigenvalue weighted by molar-refractivity contribution is 9.10. The van der Waals surface area contributed by atoms with Gasteiger partial charge in [0.15, 0.2) is 0 Å². The SMILES string of the molecule is Cl.N[C@H](CC(F)F)c1ccc(F)c(Br)c1. The van der Waals surface area contributed by atoms with Gasteiger partial charge < -0.3 is 5.73 Å². The highest BCUT2D eigenvalue weighted by atomic mass is 79.9. The fourth-order valence-corrected chi connectivity index (χ4v) is 1.47. The van der Waals surface area contributed by atoms with Gasteiger partial charge in [-0.05, 0) is 33.6 Å². The predicted molar refractivity (Wildman–Crippen MR) is 58.9 cm³/mol. The van der Waals surface area contributed by atoms with E-state index in [-0.39, 0.29) is 16.9 Å². The van der Waals surface area contributed by atoms with Crippen molar-refractivity contribution in [3.63, 3.8) is 0 Å². The van der Waals surface area contributed by atoms with Crippen LogP contribution in [-0.2, 0) is 0 Å². The summed E-state index contributed by atoms with van der Waals surface area (Å²) in [6, 6.07) is 3.27. The topological polar surface area (TPSA) is 26.0 Å². The minimum atomic E-state index is -2.45. The Morgan fingerprint density at radius 2 is 1.93 bits per heavy atom. The molecule has 1 aromatic carbocycles. The lowest BCUT2D eigenvalue weighted by Crippen LogP contribution is -2.14. The third-order valence-corrected chi connectivity index (χ3v) is 2.41. The van der Waals surface area contributed by atoms with Gasteiger partial charge in [0.2, 0.25) is 6.43 Å². The van der Waals surface area contributed by atoms with Crippen molar-refractivity contribution in [3.8, 4) is 0 Å². The number of alkyl halides is 2. The van der Waals surface area contributed by atoms with Gasteiger partial charge in [-0.3, -0.25) is 0 Å².